The molecule has 0 fully saturated rings. The monoisotopic (exact) mass is 387 g/mol. The van der Waals surface area contributed by atoms with Crippen LogP contribution in [0.2, 0.25) is 0 Å². The van der Waals surface area contributed by atoms with Crippen molar-refractivity contribution in [3.8, 4) is 28.5 Å². The second-order valence-electron chi connectivity index (χ2n) is 6.59. The molecule has 1 aromatic heterocycles. The van der Waals surface area contributed by atoms with Gasteiger partial charge in [0.1, 0.15) is 0 Å². The lowest BCUT2D eigenvalue weighted by Gasteiger charge is -2.14. The van der Waals surface area contributed by atoms with Crippen LogP contribution in [-0.4, -0.2) is 32.1 Å². The Morgan fingerprint density at radius 3 is 2.14 bits per heavy atom. The van der Waals surface area contributed by atoms with Gasteiger partial charge >= 0.3 is 0 Å². The van der Waals surface area contributed by atoms with Crippen molar-refractivity contribution in [3.05, 3.63) is 77.9 Å². The van der Waals surface area contributed by atoms with Gasteiger partial charge in [0.25, 0.3) is 0 Å². The number of aromatic amines is 1. The largest absolute Gasteiger partial charge is 0.493 e. The number of hydrogen-bond acceptors (Lipinski definition) is 4. The normalized spacial score (nSPS) is 10.7. The Bertz CT molecular complexity index is 1130. The molecule has 5 nitrogen and oxygen atoms in total. The first-order chi connectivity index (χ1) is 14.1. The van der Waals surface area contributed by atoms with E-state index >= 15 is 0 Å². The third-order valence-electron chi connectivity index (χ3n) is 4.89. The first-order valence-corrected chi connectivity index (χ1v) is 9.17. The standard InChI is InChI=1S/C24H21NO4/c1-27-21-13-18(14-22(28-2)24(21)29-3)23(26)17-9-6-8-15(11-17)20-12-16-7-4-5-10-19(16)25-20/h4-14,25H,1-3H3. The molecule has 0 unspecified atom stereocenters. The average Bonchev–Trinajstić information content (AvgIpc) is 3.22. The predicted molar refractivity (Wildman–Crippen MR) is 113 cm³/mol. The van der Waals surface area contributed by atoms with Crippen molar-refractivity contribution in [2.45, 2.75) is 0 Å². The van der Waals surface area contributed by atoms with Crippen LogP contribution in [0.3, 0.4) is 0 Å². The highest BCUT2D eigenvalue weighted by atomic mass is 16.5. The van der Waals surface area contributed by atoms with Gasteiger partial charge in [-0.3, -0.25) is 4.79 Å². The van der Waals surface area contributed by atoms with E-state index in [9.17, 15) is 4.79 Å². The average molecular weight is 387 g/mol. The SMILES string of the molecule is COc1cc(C(=O)c2cccc(-c3cc4ccccc4[nH]3)c2)cc(OC)c1OC. The molecule has 1 heterocycles. The number of carbonyl (C=O) groups excluding carboxylic acids is 1. The number of ether oxygens (including phenoxy) is 3. The number of nitrogens with one attached hydrogen (secondary N) is 1. The number of benzene rings is 3. The van der Waals surface area contributed by atoms with Gasteiger partial charge in [-0.05, 0) is 35.9 Å². The topological polar surface area (TPSA) is 60.6 Å². The van der Waals surface area contributed by atoms with Gasteiger partial charge in [0, 0.05) is 27.7 Å². The van der Waals surface area contributed by atoms with E-state index in [2.05, 4.69) is 17.1 Å². The Labute approximate surface area is 168 Å². The molecule has 0 saturated heterocycles. The van der Waals surface area contributed by atoms with Crippen LogP contribution in [0.4, 0.5) is 0 Å². The quantitative estimate of drug-likeness (QED) is 0.468. The van der Waals surface area contributed by atoms with E-state index < -0.39 is 0 Å². The summed E-state index contributed by atoms with van der Waals surface area (Å²) in [5.41, 5.74) is 4.01. The Kier molecular flexibility index (Phi) is 4.96. The molecule has 0 spiro atoms. The highest BCUT2D eigenvalue weighted by molar-refractivity contribution is 6.10. The van der Waals surface area contributed by atoms with Crippen molar-refractivity contribution in [1.29, 1.82) is 0 Å². The summed E-state index contributed by atoms with van der Waals surface area (Å²) < 4.78 is 16.1. The van der Waals surface area contributed by atoms with Gasteiger partial charge in [0.15, 0.2) is 17.3 Å². The summed E-state index contributed by atoms with van der Waals surface area (Å²) in [5.74, 6) is 1.23. The van der Waals surface area contributed by atoms with E-state index in [-0.39, 0.29) is 5.78 Å². The predicted octanol–water partition coefficient (Wildman–Crippen LogP) is 5.09. The summed E-state index contributed by atoms with van der Waals surface area (Å²) in [7, 11) is 4.59. The van der Waals surface area contributed by atoms with Crippen molar-refractivity contribution in [2.75, 3.05) is 21.3 Å². The molecule has 0 saturated carbocycles. The van der Waals surface area contributed by atoms with Gasteiger partial charge in [-0.25, -0.2) is 0 Å². The Balaban J connectivity index is 1.74. The zero-order chi connectivity index (χ0) is 20.4. The summed E-state index contributed by atoms with van der Waals surface area (Å²) in [5, 5.41) is 1.13. The number of carbonyl (C=O) groups is 1. The zero-order valence-electron chi connectivity index (χ0n) is 16.5. The minimum Gasteiger partial charge on any atom is -0.493 e. The first-order valence-electron chi connectivity index (χ1n) is 9.17. The van der Waals surface area contributed by atoms with Gasteiger partial charge < -0.3 is 19.2 Å². The van der Waals surface area contributed by atoms with Gasteiger partial charge in [-0.1, -0.05) is 36.4 Å². The van der Waals surface area contributed by atoms with Crippen LogP contribution in [0.5, 0.6) is 17.2 Å². The highest BCUT2D eigenvalue weighted by Crippen LogP contribution is 2.38. The minimum absolute atomic E-state index is 0.123. The van der Waals surface area contributed by atoms with Crippen molar-refractivity contribution < 1.29 is 19.0 Å². The number of para-hydroxylation sites is 1. The molecule has 3 aromatic carbocycles. The maximum Gasteiger partial charge on any atom is 0.203 e. The summed E-state index contributed by atoms with van der Waals surface area (Å²) in [6.07, 6.45) is 0. The maximum absolute atomic E-state index is 13.2. The second kappa shape index (κ2) is 7.72. The van der Waals surface area contributed by atoms with E-state index in [0.717, 1.165) is 22.2 Å². The van der Waals surface area contributed by atoms with Crippen LogP contribution in [0.15, 0.2) is 66.7 Å². The summed E-state index contributed by atoms with van der Waals surface area (Å²) in [6, 6.07) is 21.1. The Morgan fingerprint density at radius 2 is 1.48 bits per heavy atom. The summed E-state index contributed by atoms with van der Waals surface area (Å²) >= 11 is 0. The molecule has 29 heavy (non-hydrogen) atoms. The van der Waals surface area contributed by atoms with E-state index in [0.29, 0.717) is 28.4 Å². The molecule has 0 aliphatic rings. The number of ketones is 1. The third kappa shape index (κ3) is 3.43. The summed E-state index contributed by atoms with van der Waals surface area (Å²) in [6.45, 7) is 0. The molecular weight excluding hydrogens is 366 g/mol. The third-order valence-corrected chi connectivity index (χ3v) is 4.89. The molecule has 0 amide bonds. The Morgan fingerprint density at radius 1 is 0.759 bits per heavy atom. The van der Waals surface area contributed by atoms with E-state index in [1.165, 1.54) is 21.3 Å². The molecule has 0 aliphatic carbocycles. The molecule has 0 atom stereocenters. The van der Waals surface area contributed by atoms with Crippen molar-refractivity contribution >= 4 is 16.7 Å². The Hall–Kier alpha value is -3.73. The number of hydrogen-bond donors (Lipinski definition) is 1. The van der Waals surface area contributed by atoms with E-state index in [4.69, 9.17) is 14.2 Å². The lowest BCUT2D eigenvalue weighted by atomic mass is 9.99. The molecule has 1 N–H and O–H groups in total. The molecular formula is C24H21NO4. The number of rotatable bonds is 6. The second-order valence-corrected chi connectivity index (χ2v) is 6.59. The van der Waals surface area contributed by atoms with Crippen LogP contribution >= 0.6 is 0 Å². The van der Waals surface area contributed by atoms with Crippen LogP contribution < -0.4 is 14.2 Å². The lowest BCUT2D eigenvalue weighted by Crippen LogP contribution is -2.04. The van der Waals surface area contributed by atoms with Crippen LogP contribution in [0.25, 0.3) is 22.2 Å². The molecule has 0 bridgehead atoms. The van der Waals surface area contributed by atoms with Crippen LogP contribution in [-0.2, 0) is 0 Å². The molecule has 0 radical (unpaired) electrons. The van der Waals surface area contributed by atoms with Crippen molar-refractivity contribution in [3.63, 3.8) is 0 Å². The summed E-state index contributed by atoms with van der Waals surface area (Å²) in [4.78, 5) is 16.6. The number of fused-ring (bicyclic) bond motifs is 1. The number of methoxy groups -OCH3 is 3. The van der Waals surface area contributed by atoms with Crippen LogP contribution in [0, 0.1) is 0 Å². The fourth-order valence-corrected chi connectivity index (χ4v) is 3.44. The fourth-order valence-electron chi connectivity index (χ4n) is 3.44. The first kappa shape index (κ1) is 18.6. The molecule has 4 aromatic rings. The molecule has 146 valence electrons. The minimum atomic E-state index is -0.123. The van der Waals surface area contributed by atoms with Gasteiger partial charge in [0.2, 0.25) is 5.75 Å². The molecule has 5 heteroatoms. The van der Waals surface area contributed by atoms with E-state index in [1.54, 1.807) is 18.2 Å². The molecule has 4 rings (SSSR count). The van der Waals surface area contributed by atoms with Crippen molar-refractivity contribution in [2.24, 2.45) is 0 Å². The van der Waals surface area contributed by atoms with E-state index in [1.807, 2.05) is 36.4 Å². The number of aromatic nitrogens is 1. The lowest BCUT2D eigenvalue weighted by molar-refractivity contribution is 0.103. The van der Waals surface area contributed by atoms with Gasteiger partial charge in [-0.15, -0.1) is 0 Å². The number of H-pyrrole nitrogens is 1. The smallest absolute Gasteiger partial charge is 0.203 e. The van der Waals surface area contributed by atoms with Crippen molar-refractivity contribution in [1.82, 2.24) is 4.98 Å². The fraction of sp³-hybridized carbons (Fsp3) is 0.125. The molecule has 0 aliphatic heterocycles. The van der Waals surface area contributed by atoms with Gasteiger partial charge in [-0.2, -0.15) is 0 Å². The van der Waals surface area contributed by atoms with Gasteiger partial charge in [0.05, 0.1) is 21.3 Å². The maximum atomic E-state index is 13.2. The zero-order valence-corrected chi connectivity index (χ0v) is 16.5. The van der Waals surface area contributed by atoms with Crippen LogP contribution in [0.1, 0.15) is 15.9 Å². The highest BCUT2D eigenvalue weighted by Gasteiger charge is 2.18.